The summed E-state index contributed by atoms with van der Waals surface area (Å²) in [6.07, 6.45) is 6.79. The second-order valence-electron chi connectivity index (χ2n) is 18.8. The lowest BCUT2D eigenvalue weighted by atomic mass is 9.49. The highest BCUT2D eigenvalue weighted by Gasteiger charge is 2.64. The standard InChI is InChI=1S/C46H53ClN8O7/c1-25(2)54(29-17-32(18-29)61-30-9-10-33-34(19-30)41(60)55(40(33)59)36-11-12-37(56)51-39(36)58)24-26-13-15-53(16-14-26)44-49-22-28(23-50-44)38(57)52-42-45(3,4)43(46(42,5)6)62-31-8-7-27(21-48)35(47)20-31/h7-10,19-20,22-23,25-26,29,32,36,42-43H,11-18,24H2,1-6H3,(H,52,57)(H,51,56,58). The molecule has 62 heavy (non-hydrogen) atoms. The van der Waals surface area contributed by atoms with Gasteiger partial charge in [-0.25, -0.2) is 9.97 Å². The highest BCUT2D eigenvalue weighted by Crippen LogP contribution is 2.55. The molecule has 16 heteroatoms. The first-order valence-corrected chi connectivity index (χ1v) is 21.9. The molecule has 3 aromatic rings. The number of rotatable bonds is 12. The molecular weight excluding hydrogens is 812 g/mol. The van der Waals surface area contributed by atoms with Crippen molar-refractivity contribution in [2.75, 3.05) is 24.5 Å². The number of carbonyl (C=O) groups is 5. The van der Waals surface area contributed by atoms with E-state index in [0.29, 0.717) is 51.6 Å². The molecule has 1 aromatic heterocycles. The largest absolute Gasteiger partial charge is 0.490 e. The zero-order valence-corrected chi connectivity index (χ0v) is 36.7. The Balaban J connectivity index is 0.795. The monoisotopic (exact) mass is 864 g/mol. The van der Waals surface area contributed by atoms with Gasteiger partial charge in [-0.2, -0.15) is 5.26 Å². The number of halogens is 1. The number of nitrogens with zero attached hydrogens (tertiary/aromatic N) is 6. The van der Waals surface area contributed by atoms with E-state index in [2.05, 4.69) is 78.0 Å². The van der Waals surface area contributed by atoms with E-state index in [1.54, 1.807) is 48.8 Å². The number of imide groups is 2. The fraction of sp³-hybridized carbons (Fsp3) is 0.522. The van der Waals surface area contributed by atoms with Crippen LogP contribution in [-0.4, -0.2) is 105 Å². The third-order valence-corrected chi connectivity index (χ3v) is 13.9. The fourth-order valence-electron chi connectivity index (χ4n) is 10.4. The summed E-state index contributed by atoms with van der Waals surface area (Å²) in [6, 6.07) is 11.5. The van der Waals surface area contributed by atoms with Gasteiger partial charge in [0.2, 0.25) is 17.8 Å². The summed E-state index contributed by atoms with van der Waals surface area (Å²) in [5.74, 6) is -0.168. The quantitative estimate of drug-likeness (QED) is 0.217. The van der Waals surface area contributed by atoms with Gasteiger partial charge >= 0.3 is 0 Å². The number of amides is 5. The lowest BCUT2D eigenvalue weighted by molar-refractivity contribution is -0.164. The predicted octanol–water partition coefficient (Wildman–Crippen LogP) is 5.55. The molecule has 0 radical (unpaired) electrons. The van der Waals surface area contributed by atoms with Crippen molar-refractivity contribution in [1.82, 2.24) is 30.4 Å². The van der Waals surface area contributed by atoms with Gasteiger partial charge in [0.1, 0.15) is 35.8 Å². The van der Waals surface area contributed by atoms with E-state index in [4.69, 9.17) is 21.1 Å². The van der Waals surface area contributed by atoms with Crippen LogP contribution in [0, 0.1) is 28.1 Å². The van der Waals surface area contributed by atoms with E-state index >= 15 is 0 Å². The number of carbonyl (C=O) groups excluding carboxylic acids is 5. The molecule has 326 valence electrons. The Labute approximate surface area is 366 Å². The first kappa shape index (κ1) is 43.1. The van der Waals surface area contributed by atoms with Crippen molar-refractivity contribution in [3.05, 3.63) is 76.1 Å². The van der Waals surface area contributed by atoms with Crippen LogP contribution in [0.15, 0.2) is 48.8 Å². The number of nitriles is 1. The Morgan fingerprint density at radius 1 is 0.952 bits per heavy atom. The Hall–Kier alpha value is -5.59. The Kier molecular flexibility index (Phi) is 11.5. The van der Waals surface area contributed by atoms with Crippen molar-refractivity contribution in [1.29, 1.82) is 5.26 Å². The summed E-state index contributed by atoms with van der Waals surface area (Å²) in [7, 11) is 0. The Morgan fingerprint density at radius 3 is 2.23 bits per heavy atom. The molecule has 5 aliphatic rings. The fourth-order valence-corrected chi connectivity index (χ4v) is 10.6. The minimum atomic E-state index is -1.01. The van der Waals surface area contributed by atoms with Gasteiger partial charge in [-0.3, -0.25) is 39.1 Å². The Morgan fingerprint density at radius 2 is 1.60 bits per heavy atom. The van der Waals surface area contributed by atoms with E-state index in [-0.39, 0.29) is 48.1 Å². The van der Waals surface area contributed by atoms with E-state index in [1.165, 1.54) is 0 Å². The number of fused-ring (bicyclic) bond motifs is 1. The van der Waals surface area contributed by atoms with Gasteiger partial charge in [-0.15, -0.1) is 0 Å². The number of benzene rings is 2. The molecule has 0 spiro atoms. The maximum absolute atomic E-state index is 13.5. The van der Waals surface area contributed by atoms with Crippen LogP contribution in [0.5, 0.6) is 11.5 Å². The number of hydrogen-bond donors (Lipinski definition) is 2. The second-order valence-corrected chi connectivity index (χ2v) is 19.2. The van der Waals surface area contributed by atoms with Gasteiger partial charge in [0.25, 0.3) is 17.7 Å². The molecule has 2 saturated heterocycles. The Bertz CT molecular complexity index is 2320. The zero-order chi connectivity index (χ0) is 44.2. The normalized spacial score (nSPS) is 25.5. The van der Waals surface area contributed by atoms with Crippen LogP contribution in [0.25, 0.3) is 0 Å². The van der Waals surface area contributed by atoms with Crippen molar-refractivity contribution >= 4 is 47.1 Å². The van der Waals surface area contributed by atoms with E-state index in [9.17, 15) is 29.2 Å². The summed E-state index contributed by atoms with van der Waals surface area (Å²) in [5.41, 5.74) is 0.426. The molecule has 4 heterocycles. The lowest BCUT2D eigenvalue weighted by Gasteiger charge is -2.63. The third-order valence-electron chi connectivity index (χ3n) is 13.6. The molecule has 1 unspecified atom stereocenters. The SMILES string of the molecule is CC(C)N(CC1CCN(c2ncc(C(=O)NC3C(C)(C)C(Oc4ccc(C#N)c(Cl)c4)C3(C)C)cn2)CC1)C1CC(Oc2ccc3c(c2)C(=O)N(C2CCC(=O)NC2=O)C3=O)C1. The average molecular weight is 865 g/mol. The molecule has 1 atom stereocenters. The number of aromatic nitrogens is 2. The van der Waals surface area contributed by atoms with Gasteiger partial charge < -0.3 is 19.7 Å². The summed E-state index contributed by atoms with van der Waals surface area (Å²) in [4.78, 5) is 78.9. The second kappa shape index (κ2) is 16.6. The average Bonchev–Trinajstić information content (AvgIpc) is 3.47. The van der Waals surface area contributed by atoms with Gasteiger partial charge in [-0.1, -0.05) is 39.3 Å². The molecule has 2 aliphatic carbocycles. The molecule has 2 saturated carbocycles. The van der Waals surface area contributed by atoms with E-state index in [1.807, 2.05) is 0 Å². The number of ether oxygens (including phenoxy) is 2. The molecule has 8 rings (SSSR count). The van der Waals surface area contributed by atoms with Crippen LogP contribution in [0.2, 0.25) is 5.02 Å². The summed E-state index contributed by atoms with van der Waals surface area (Å²) in [6.45, 7) is 15.3. The number of piperidine rings is 2. The minimum absolute atomic E-state index is 0.0282. The van der Waals surface area contributed by atoms with Gasteiger partial charge in [0.15, 0.2) is 0 Å². The zero-order valence-electron chi connectivity index (χ0n) is 35.9. The first-order chi connectivity index (χ1) is 29.5. The van der Waals surface area contributed by atoms with Crippen LogP contribution < -0.4 is 25.0 Å². The van der Waals surface area contributed by atoms with Gasteiger partial charge in [0.05, 0.1) is 27.3 Å². The van der Waals surface area contributed by atoms with Crippen molar-refractivity contribution in [3.8, 4) is 17.6 Å². The molecule has 2 N–H and O–H groups in total. The maximum Gasteiger partial charge on any atom is 0.262 e. The summed E-state index contributed by atoms with van der Waals surface area (Å²) < 4.78 is 12.7. The van der Waals surface area contributed by atoms with E-state index in [0.717, 1.165) is 50.2 Å². The third kappa shape index (κ3) is 7.99. The molecule has 5 amide bonds. The van der Waals surface area contributed by atoms with Gasteiger partial charge in [-0.05, 0) is 69.4 Å². The topological polar surface area (TPSA) is 187 Å². The number of anilines is 1. The summed E-state index contributed by atoms with van der Waals surface area (Å²) in [5, 5.41) is 15.0. The van der Waals surface area contributed by atoms with Crippen LogP contribution in [0.4, 0.5) is 5.95 Å². The van der Waals surface area contributed by atoms with Crippen LogP contribution >= 0.6 is 11.6 Å². The number of hydrogen-bond acceptors (Lipinski definition) is 12. The molecule has 15 nitrogen and oxygen atoms in total. The molecule has 3 aliphatic heterocycles. The smallest absolute Gasteiger partial charge is 0.262 e. The van der Waals surface area contributed by atoms with Crippen molar-refractivity contribution in [2.45, 2.75) is 116 Å². The van der Waals surface area contributed by atoms with Crippen LogP contribution in [0.3, 0.4) is 0 Å². The molecule has 0 bridgehead atoms. The minimum Gasteiger partial charge on any atom is -0.490 e. The first-order valence-electron chi connectivity index (χ1n) is 21.5. The highest BCUT2D eigenvalue weighted by molar-refractivity contribution is 6.31. The maximum atomic E-state index is 13.5. The van der Waals surface area contributed by atoms with Crippen molar-refractivity contribution < 1.29 is 33.4 Å². The van der Waals surface area contributed by atoms with Gasteiger partial charge in [0, 0.05) is 86.3 Å². The predicted molar refractivity (Wildman–Crippen MR) is 229 cm³/mol. The number of nitrogens with one attached hydrogen (secondary N) is 2. The van der Waals surface area contributed by atoms with Crippen molar-refractivity contribution in [3.63, 3.8) is 0 Å². The highest BCUT2D eigenvalue weighted by atomic mass is 35.5. The summed E-state index contributed by atoms with van der Waals surface area (Å²) >= 11 is 6.25. The molecule has 2 aromatic carbocycles. The lowest BCUT2D eigenvalue weighted by Crippen LogP contribution is -2.74. The van der Waals surface area contributed by atoms with Crippen LogP contribution in [0.1, 0.15) is 117 Å². The van der Waals surface area contributed by atoms with Crippen LogP contribution in [-0.2, 0) is 9.59 Å². The van der Waals surface area contributed by atoms with E-state index < -0.39 is 40.5 Å². The molecule has 4 fully saturated rings. The molecular formula is C46H53ClN8O7. The van der Waals surface area contributed by atoms with Crippen molar-refractivity contribution in [2.24, 2.45) is 16.7 Å².